The fraction of sp³-hybridized carbons (Fsp3) is 0.310. The van der Waals surface area contributed by atoms with E-state index in [2.05, 4.69) is 5.32 Å². The Balaban J connectivity index is 1.77. The van der Waals surface area contributed by atoms with Crippen molar-refractivity contribution in [2.45, 2.75) is 43.7 Å². The van der Waals surface area contributed by atoms with Gasteiger partial charge in [0, 0.05) is 35.8 Å². The summed E-state index contributed by atoms with van der Waals surface area (Å²) in [5.74, 6) is 1.33. The Morgan fingerprint density at radius 1 is 1.00 bits per heavy atom. The molecule has 7 heteroatoms. The fourth-order valence-electron chi connectivity index (χ4n) is 3.90. The van der Waals surface area contributed by atoms with Crippen LogP contribution in [0.4, 0.5) is 0 Å². The molecule has 0 heterocycles. The van der Waals surface area contributed by atoms with E-state index in [4.69, 9.17) is 16.3 Å². The van der Waals surface area contributed by atoms with Crippen LogP contribution in [0.1, 0.15) is 30.9 Å². The quantitative estimate of drug-likeness (QED) is 0.220. The standard InChI is InChI=1S/C29H33ClN2O3S/c1-3-31-29(34)27(20-22-9-5-4-6-10-22)32(21-23-11-7-12-25(19-23)35-2)28(33)13-8-18-36-26-16-14-24(30)15-17-26/h4-7,9-12,14-17,19,27H,3,8,13,18,20-21H2,1-2H3,(H,31,34). The van der Waals surface area contributed by atoms with Gasteiger partial charge in [0.1, 0.15) is 11.8 Å². The molecular formula is C29H33ClN2O3S. The number of carbonyl (C=O) groups excluding carboxylic acids is 2. The molecule has 36 heavy (non-hydrogen) atoms. The lowest BCUT2D eigenvalue weighted by atomic mass is 10.0. The predicted octanol–water partition coefficient (Wildman–Crippen LogP) is 6.00. The summed E-state index contributed by atoms with van der Waals surface area (Å²) in [4.78, 5) is 29.6. The van der Waals surface area contributed by atoms with E-state index < -0.39 is 6.04 Å². The Labute approximate surface area is 223 Å². The van der Waals surface area contributed by atoms with Crippen LogP contribution in [0.5, 0.6) is 5.75 Å². The van der Waals surface area contributed by atoms with Gasteiger partial charge in [-0.25, -0.2) is 0 Å². The zero-order valence-electron chi connectivity index (χ0n) is 20.8. The fourth-order valence-corrected chi connectivity index (χ4v) is 4.88. The Kier molecular flexibility index (Phi) is 11.2. The van der Waals surface area contributed by atoms with Crippen molar-refractivity contribution >= 4 is 35.2 Å². The van der Waals surface area contributed by atoms with Crippen LogP contribution in [-0.2, 0) is 22.6 Å². The highest BCUT2D eigenvalue weighted by atomic mass is 35.5. The number of halogens is 1. The first kappa shape index (κ1) is 27.6. The van der Waals surface area contributed by atoms with Gasteiger partial charge in [-0.15, -0.1) is 11.8 Å². The highest BCUT2D eigenvalue weighted by Crippen LogP contribution is 2.23. The second-order valence-corrected chi connectivity index (χ2v) is 9.98. The molecule has 0 aliphatic carbocycles. The Morgan fingerprint density at radius 2 is 1.72 bits per heavy atom. The third-order valence-electron chi connectivity index (χ3n) is 5.73. The van der Waals surface area contributed by atoms with Crippen molar-refractivity contribution < 1.29 is 14.3 Å². The summed E-state index contributed by atoms with van der Waals surface area (Å²) in [5.41, 5.74) is 1.93. The van der Waals surface area contributed by atoms with Gasteiger partial charge in [0.2, 0.25) is 11.8 Å². The maximum absolute atomic E-state index is 13.6. The van der Waals surface area contributed by atoms with Gasteiger partial charge >= 0.3 is 0 Å². The SMILES string of the molecule is CCNC(=O)C(Cc1ccccc1)N(Cc1cccc(OC)c1)C(=O)CCCSc1ccc(Cl)cc1. The molecule has 0 aliphatic heterocycles. The molecule has 1 N–H and O–H groups in total. The average Bonchev–Trinajstić information content (AvgIpc) is 2.90. The van der Waals surface area contributed by atoms with Gasteiger partial charge in [0.15, 0.2) is 0 Å². The third-order valence-corrected chi connectivity index (χ3v) is 7.08. The molecular weight excluding hydrogens is 492 g/mol. The first-order valence-corrected chi connectivity index (χ1v) is 13.5. The second-order valence-electron chi connectivity index (χ2n) is 8.38. The molecule has 0 saturated heterocycles. The van der Waals surface area contributed by atoms with Crippen molar-refractivity contribution in [3.8, 4) is 5.75 Å². The van der Waals surface area contributed by atoms with E-state index in [0.717, 1.165) is 27.5 Å². The second kappa shape index (κ2) is 14.6. The number of hydrogen-bond donors (Lipinski definition) is 1. The number of nitrogens with one attached hydrogen (secondary N) is 1. The zero-order chi connectivity index (χ0) is 25.8. The average molecular weight is 525 g/mol. The highest BCUT2D eigenvalue weighted by Gasteiger charge is 2.29. The van der Waals surface area contributed by atoms with E-state index in [1.807, 2.05) is 85.8 Å². The number of ether oxygens (including phenoxy) is 1. The van der Waals surface area contributed by atoms with Crippen molar-refractivity contribution in [3.05, 3.63) is 95.0 Å². The number of methoxy groups -OCH3 is 1. The summed E-state index contributed by atoms with van der Waals surface area (Å²) < 4.78 is 5.37. The largest absolute Gasteiger partial charge is 0.497 e. The van der Waals surface area contributed by atoms with Gasteiger partial charge in [0.05, 0.1) is 7.11 Å². The number of thioether (sulfide) groups is 1. The molecule has 5 nitrogen and oxygen atoms in total. The number of rotatable bonds is 13. The number of carbonyl (C=O) groups is 2. The minimum Gasteiger partial charge on any atom is -0.497 e. The lowest BCUT2D eigenvalue weighted by Crippen LogP contribution is -2.50. The number of benzene rings is 3. The van der Waals surface area contributed by atoms with Crippen molar-refractivity contribution in [2.24, 2.45) is 0 Å². The van der Waals surface area contributed by atoms with Gasteiger partial charge < -0.3 is 15.0 Å². The predicted molar refractivity (Wildman–Crippen MR) is 148 cm³/mol. The molecule has 0 fully saturated rings. The molecule has 3 aromatic rings. The first-order valence-electron chi connectivity index (χ1n) is 12.1. The van der Waals surface area contributed by atoms with Gasteiger partial charge in [-0.05, 0) is 66.6 Å². The molecule has 190 valence electrons. The van der Waals surface area contributed by atoms with Crippen LogP contribution in [0.3, 0.4) is 0 Å². The lowest BCUT2D eigenvalue weighted by molar-refractivity contribution is -0.141. The molecule has 0 aromatic heterocycles. The van der Waals surface area contributed by atoms with Crippen molar-refractivity contribution in [2.75, 3.05) is 19.4 Å². The summed E-state index contributed by atoms with van der Waals surface area (Å²) >= 11 is 7.66. The topological polar surface area (TPSA) is 58.6 Å². The Morgan fingerprint density at radius 3 is 2.42 bits per heavy atom. The lowest BCUT2D eigenvalue weighted by Gasteiger charge is -2.31. The van der Waals surface area contributed by atoms with E-state index >= 15 is 0 Å². The number of hydrogen-bond acceptors (Lipinski definition) is 4. The van der Waals surface area contributed by atoms with Gasteiger partial charge in [-0.1, -0.05) is 54.1 Å². The molecule has 0 spiro atoms. The Bertz CT molecular complexity index is 1110. The van der Waals surface area contributed by atoms with E-state index in [9.17, 15) is 9.59 Å². The van der Waals surface area contributed by atoms with Crippen LogP contribution in [-0.4, -0.2) is 42.2 Å². The maximum Gasteiger partial charge on any atom is 0.243 e. The summed E-state index contributed by atoms with van der Waals surface area (Å²) in [6.45, 7) is 2.72. The number of likely N-dealkylation sites (N-methyl/N-ethyl adjacent to an activating group) is 1. The number of amides is 2. The molecule has 2 amide bonds. The first-order chi connectivity index (χ1) is 17.5. The number of nitrogens with zero attached hydrogens (tertiary/aromatic N) is 1. The molecule has 1 unspecified atom stereocenters. The van der Waals surface area contributed by atoms with Crippen LogP contribution in [0.25, 0.3) is 0 Å². The van der Waals surface area contributed by atoms with Crippen LogP contribution < -0.4 is 10.1 Å². The Hall–Kier alpha value is -2.96. The van der Waals surface area contributed by atoms with Crippen LogP contribution in [0.15, 0.2) is 83.8 Å². The normalized spacial score (nSPS) is 11.5. The monoisotopic (exact) mass is 524 g/mol. The van der Waals surface area contributed by atoms with Crippen LogP contribution in [0.2, 0.25) is 5.02 Å². The van der Waals surface area contributed by atoms with Gasteiger partial charge in [0.25, 0.3) is 0 Å². The minimum absolute atomic E-state index is 0.0401. The minimum atomic E-state index is -0.616. The zero-order valence-corrected chi connectivity index (χ0v) is 22.4. The molecule has 3 rings (SSSR count). The summed E-state index contributed by atoms with van der Waals surface area (Å²) in [7, 11) is 1.62. The summed E-state index contributed by atoms with van der Waals surface area (Å²) in [6, 6.07) is 24.5. The van der Waals surface area contributed by atoms with Crippen molar-refractivity contribution in [3.63, 3.8) is 0 Å². The molecule has 0 aliphatic rings. The van der Waals surface area contributed by atoms with E-state index in [1.165, 1.54) is 0 Å². The highest BCUT2D eigenvalue weighted by molar-refractivity contribution is 7.99. The molecule has 0 bridgehead atoms. The summed E-state index contributed by atoms with van der Waals surface area (Å²) in [5, 5.41) is 3.64. The van der Waals surface area contributed by atoms with Crippen LogP contribution in [0, 0.1) is 0 Å². The van der Waals surface area contributed by atoms with E-state index in [0.29, 0.717) is 37.4 Å². The molecule has 0 radical (unpaired) electrons. The molecule has 0 saturated carbocycles. The molecule has 3 aromatic carbocycles. The third kappa shape index (κ3) is 8.61. The van der Waals surface area contributed by atoms with Gasteiger partial charge in [-0.3, -0.25) is 9.59 Å². The van der Waals surface area contributed by atoms with Crippen LogP contribution >= 0.6 is 23.4 Å². The summed E-state index contributed by atoms with van der Waals surface area (Å²) in [6.07, 6.45) is 1.51. The van der Waals surface area contributed by atoms with E-state index in [1.54, 1.807) is 23.8 Å². The van der Waals surface area contributed by atoms with E-state index in [-0.39, 0.29) is 11.8 Å². The van der Waals surface area contributed by atoms with Crippen molar-refractivity contribution in [1.29, 1.82) is 0 Å². The van der Waals surface area contributed by atoms with Gasteiger partial charge in [-0.2, -0.15) is 0 Å². The van der Waals surface area contributed by atoms with Crippen molar-refractivity contribution in [1.82, 2.24) is 10.2 Å². The maximum atomic E-state index is 13.6. The smallest absolute Gasteiger partial charge is 0.243 e. The molecule has 1 atom stereocenters.